The van der Waals surface area contributed by atoms with Crippen LogP contribution in [0.2, 0.25) is 0 Å². The van der Waals surface area contributed by atoms with Crippen LogP contribution in [0, 0.1) is 6.92 Å². The highest BCUT2D eigenvalue weighted by atomic mass is 16.5. The Bertz CT molecular complexity index is 1180. The molecule has 164 valence electrons. The molecule has 3 aromatic rings. The lowest BCUT2D eigenvalue weighted by atomic mass is 9.97. The van der Waals surface area contributed by atoms with Gasteiger partial charge in [0.1, 0.15) is 17.2 Å². The summed E-state index contributed by atoms with van der Waals surface area (Å²) in [6, 6.07) is 17.0. The minimum Gasteiger partial charge on any atom is -0.490 e. The summed E-state index contributed by atoms with van der Waals surface area (Å²) in [6.45, 7) is 4.42. The van der Waals surface area contributed by atoms with Crippen LogP contribution >= 0.6 is 0 Å². The summed E-state index contributed by atoms with van der Waals surface area (Å²) in [5, 5.41) is 6.87. The van der Waals surface area contributed by atoms with Gasteiger partial charge in [-0.2, -0.15) is 5.10 Å². The van der Waals surface area contributed by atoms with E-state index in [1.54, 1.807) is 12.1 Å². The van der Waals surface area contributed by atoms with Crippen LogP contribution in [-0.2, 0) is 4.74 Å². The number of fused-ring (bicyclic) bond motifs is 3. The molecule has 0 saturated heterocycles. The van der Waals surface area contributed by atoms with Crippen LogP contribution in [0.3, 0.4) is 0 Å². The molecule has 2 aliphatic heterocycles. The van der Waals surface area contributed by atoms with Crippen LogP contribution in [-0.4, -0.2) is 30.4 Å². The van der Waals surface area contributed by atoms with Gasteiger partial charge in [-0.05, 0) is 44.2 Å². The summed E-state index contributed by atoms with van der Waals surface area (Å²) in [5.41, 5.74) is 3.26. The monoisotopic (exact) mass is 432 g/mol. The lowest BCUT2D eigenvalue weighted by Gasteiger charge is -2.38. The third kappa shape index (κ3) is 3.39. The molecule has 5 rings (SSSR count). The van der Waals surface area contributed by atoms with Gasteiger partial charge in [-0.15, -0.1) is 0 Å². The van der Waals surface area contributed by atoms with Gasteiger partial charge in [0.15, 0.2) is 11.5 Å². The molecule has 0 radical (unpaired) electrons. The lowest BCUT2D eigenvalue weighted by Crippen LogP contribution is -2.34. The van der Waals surface area contributed by atoms with E-state index in [4.69, 9.17) is 23.7 Å². The van der Waals surface area contributed by atoms with Crippen LogP contribution < -0.4 is 9.47 Å². The Hall–Kier alpha value is -3.74. The number of hydrogen-bond acceptors (Lipinski definition) is 7. The number of carbonyl (C=O) groups is 1. The number of aryl methyl sites for hydroxylation is 1. The van der Waals surface area contributed by atoms with Crippen molar-refractivity contribution in [3.8, 4) is 11.5 Å². The Morgan fingerprint density at radius 3 is 2.66 bits per heavy atom. The standard InChI is InChI=1S/C25H24N2O5/c1-4-30-22-7-5-6-18-20-14-19(21-13-8-15(2)31-21)26-27(20)24(32-23(18)22)16-9-11-17(12-10-16)25(28)29-3/h5-13,20,24H,4,14H2,1-3H3/t20-,24+/m1/s1. The van der Waals surface area contributed by atoms with E-state index in [9.17, 15) is 4.79 Å². The topological polar surface area (TPSA) is 73.5 Å². The Morgan fingerprint density at radius 2 is 1.97 bits per heavy atom. The summed E-state index contributed by atoms with van der Waals surface area (Å²) < 4.78 is 23.0. The van der Waals surface area contributed by atoms with Gasteiger partial charge >= 0.3 is 5.97 Å². The molecule has 7 nitrogen and oxygen atoms in total. The van der Waals surface area contributed by atoms with Gasteiger partial charge < -0.3 is 18.6 Å². The number of hydrazone groups is 1. The van der Waals surface area contributed by atoms with E-state index in [0.29, 0.717) is 24.3 Å². The molecule has 0 fully saturated rings. The summed E-state index contributed by atoms with van der Waals surface area (Å²) >= 11 is 0. The van der Waals surface area contributed by atoms with Crippen molar-refractivity contribution in [3.63, 3.8) is 0 Å². The van der Waals surface area contributed by atoms with Crippen LogP contribution in [0.5, 0.6) is 11.5 Å². The van der Waals surface area contributed by atoms with Gasteiger partial charge in [-0.1, -0.05) is 24.3 Å². The van der Waals surface area contributed by atoms with Crippen molar-refractivity contribution in [2.45, 2.75) is 32.5 Å². The number of methoxy groups -OCH3 is 1. The maximum atomic E-state index is 11.9. The van der Waals surface area contributed by atoms with Crippen molar-refractivity contribution in [1.82, 2.24) is 5.01 Å². The van der Waals surface area contributed by atoms with Gasteiger partial charge in [0, 0.05) is 17.5 Å². The highest BCUT2D eigenvalue weighted by Crippen LogP contribution is 2.50. The number of para-hydroxylation sites is 1. The molecule has 0 aliphatic carbocycles. The fourth-order valence-corrected chi connectivity index (χ4v) is 4.21. The van der Waals surface area contributed by atoms with Crippen LogP contribution in [0.15, 0.2) is 64.1 Å². The Kier molecular flexibility index (Phi) is 5.09. The summed E-state index contributed by atoms with van der Waals surface area (Å²) in [6.07, 6.45) is 0.213. The molecule has 7 heteroatoms. The normalized spacial score (nSPS) is 19.0. The summed E-state index contributed by atoms with van der Waals surface area (Å²) in [5.74, 6) is 2.67. The summed E-state index contributed by atoms with van der Waals surface area (Å²) in [4.78, 5) is 11.9. The van der Waals surface area contributed by atoms with E-state index in [0.717, 1.165) is 34.1 Å². The molecule has 0 N–H and O–H groups in total. The van der Waals surface area contributed by atoms with E-state index in [2.05, 4.69) is 6.07 Å². The number of nitrogens with zero attached hydrogens (tertiary/aromatic N) is 2. The van der Waals surface area contributed by atoms with Crippen LogP contribution in [0.25, 0.3) is 0 Å². The van der Waals surface area contributed by atoms with E-state index < -0.39 is 6.23 Å². The zero-order valence-electron chi connectivity index (χ0n) is 18.2. The minimum atomic E-state index is -0.477. The van der Waals surface area contributed by atoms with E-state index in [1.807, 2.05) is 55.3 Å². The largest absolute Gasteiger partial charge is 0.490 e. The fourth-order valence-electron chi connectivity index (χ4n) is 4.21. The summed E-state index contributed by atoms with van der Waals surface area (Å²) in [7, 11) is 1.37. The van der Waals surface area contributed by atoms with Gasteiger partial charge in [0.2, 0.25) is 6.23 Å². The molecule has 0 unspecified atom stereocenters. The third-order valence-corrected chi connectivity index (χ3v) is 5.72. The predicted molar refractivity (Wildman–Crippen MR) is 118 cm³/mol. The van der Waals surface area contributed by atoms with E-state index >= 15 is 0 Å². The second-order valence-corrected chi connectivity index (χ2v) is 7.75. The molecule has 2 aliphatic rings. The molecule has 2 atom stereocenters. The molecule has 0 saturated carbocycles. The number of carbonyl (C=O) groups excluding carboxylic acids is 1. The Labute approximate surface area is 186 Å². The number of furan rings is 1. The van der Waals surface area contributed by atoms with E-state index in [1.165, 1.54) is 7.11 Å². The quantitative estimate of drug-likeness (QED) is 0.528. The maximum Gasteiger partial charge on any atom is 0.337 e. The zero-order valence-corrected chi connectivity index (χ0v) is 18.2. The highest BCUT2D eigenvalue weighted by molar-refractivity contribution is 5.99. The van der Waals surface area contributed by atoms with Gasteiger partial charge in [-0.25, -0.2) is 9.80 Å². The van der Waals surface area contributed by atoms with Crippen LogP contribution in [0.1, 0.15) is 58.6 Å². The van der Waals surface area contributed by atoms with Crippen molar-refractivity contribution in [2.75, 3.05) is 13.7 Å². The first-order valence-electron chi connectivity index (χ1n) is 10.6. The van der Waals surface area contributed by atoms with Crippen molar-refractivity contribution >= 4 is 11.7 Å². The number of hydrogen-bond donors (Lipinski definition) is 0. The van der Waals surface area contributed by atoms with Gasteiger partial charge in [0.05, 0.1) is 25.3 Å². The molecular weight excluding hydrogens is 408 g/mol. The number of benzene rings is 2. The van der Waals surface area contributed by atoms with Gasteiger partial charge in [-0.3, -0.25) is 0 Å². The lowest BCUT2D eigenvalue weighted by molar-refractivity contribution is -0.0212. The molecule has 3 heterocycles. The van der Waals surface area contributed by atoms with Crippen molar-refractivity contribution in [2.24, 2.45) is 5.10 Å². The predicted octanol–water partition coefficient (Wildman–Crippen LogP) is 5.02. The zero-order chi connectivity index (χ0) is 22.2. The molecular formula is C25H24N2O5. The molecule has 0 spiro atoms. The fraction of sp³-hybridized carbons (Fsp3) is 0.280. The number of esters is 1. The minimum absolute atomic E-state index is 0.0233. The third-order valence-electron chi connectivity index (χ3n) is 5.72. The number of rotatable bonds is 5. The first-order chi connectivity index (χ1) is 15.6. The van der Waals surface area contributed by atoms with Crippen molar-refractivity contribution in [1.29, 1.82) is 0 Å². The average Bonchev–Trinajstić information content (AvgIpc) is 3.45. The Balaban J connectivity index is 1.57. The van der Waals surface area contributed by atoms with Gasteiger partial charge in [0.25, 0.3) is 0 Å². The molecule has 32 heavy (non-hydrogen) atoms. The Morgan fingerprint density at radius 1 is 1.16 bits per heavy atom. The first-order valence-corrected chi connectivity index (χ1v) is 10.6. The van der Waals surface area contributed by atoms with Crippen LogP contribution in [0.4, 0.5) is 0 Å². The molecule has 1 aromatic heterocycles. The second-order valence-electron chi connectivity index (χ2n) is 7.75. The maximum absolute atomic E-state index is 11.9. The SMILES string of the molecule is CCOc1cccc2c1O[C@@H](c1ccc(C(=O)OC)cc1)N1N=C(c3ccc(C)o3)C[C@H]21. The molecule has 2 aromatic carbocycles. The van der Waals surface area contributed by atoms with Crippen molar-refractivity contribution in [3.05, 3.63) is 82.8 Å². The highest BCUT2D eigenvalue weighted by Gasteiger charge is 2.42. The smallest absolute Gasteiger partial charge is 0.337 e. The van der Waals surface area contributed by atoms with Crippen molar-refractivity contribution < 1.29 is 23.4 Å². The second kappa shape index (κ2) is 8.07. The van der Waals surface area contributed by atoms with E-state index in [-0.39, 0.29) is 12.0 Å². The average molecular weight is 432 g/mol. The molecule has 0 amide bonds. The number of ether oxygens (including phenoxy) is 3. The molecule has 0 bridgehead atoms. The first kappa shape index (κ1) is 20.2.